The molecular formula is C10H9Br2FO2. The van der Waals surface area contributed by atoms with Gasteiger partial charge >= 0.3 is 0 Å². The molecular weight excluding hydrogens is 331 g/mol. The molecule has 0 fully saturated rings. The number of Topliss-reactive ketones (excluding diaryl/α,β-unsaturated/α-hetero) is 1. The Morgan fingerprint density at radius 1 is 1.53 bits per heavy atom. The average molecular weight is 340 g/mol. The average Bonchev–Trinajstić information content (AvgIpc) is 2.16. The summed E-state index contributed by atoms with van der Waals surface area (Å²) < 4.78 is 17.5. The Morgan fingerprint density at radius 3 is 2.73 bits per heavy atom. The molecule has 0 amide bonds. The highest BCUT2D eigenvalue weighted by atomic mass is 79.9. The standard InChI is InChI=1S/C10H9Br2FO2/c1-6(14)10(12)7-2-8(11)4-9(3-7)15-5-13/h2-4,10H,5H2,1H3. The lowest BCUT2D eigenvalue weighted by Crippen LogP contribution is -2.01. The fraction of sp³-hybridized carbons (Fsp3) is 0.300. The number of hydrogen-bond acceptors (Lipinski definition) is 2. The van der Waals surface area contributed by atoms with Crippen LogP contribution in [0.5, 0.6) is 5.75 Å². The van der Waals surface area contributed by atoms with Crippen molar-refractivity contribution in [2.75, 3.05) is 6.86 Å². The van der Waals surface area contributed by atoms with Crippen LogP contribution in [0.1, 0.15) is 17.3 Å². The summed E-state index contributed by atoms with van der Waals surface area (Å²) in [6.07, 6.45) is 0. The SMILES string of the molecule is CC(=O)C(Br)c1cc(Br)cc(OCF)c1. The number of carbonyl (C=O) groups excluding carboxylic acids is 1. The van der Waals surface area contributed by atoms with E-state index >= 15 is 0 Å². The number of carbonyl (C=O) groups is 1. The van der Waals surface area contributed by atoms with E-state index in [-0.39, 0.29) is 5.78 Å². The van der Waals surface area contributed by atoms with Crippen LogP contribution in [-0.2, 0) is 4.79 Å². The molecule has 0 aliphatic heterocycles. The van der Waals surface area contributed by atoms with Crippen LogP contribution in [0, 0.1) is 0 Å². The molecule has 0 N–H and O–H groups in total. The predicted molar refractivity (Wildman–Crippen MR) is 63.1 cm³/mol. The number of benzene rings is 1. The van der Waals surface area contributed by atoms with E-state index in [1.165, 1.54) is 6.92 Å². The number of alkyl halides is 2. The van der Waals surface area contributed by atoms with Gasteiger partial charge in [0.1, 0.15) is 11.5 Å². The van der Waals surface area contributed by atoms with E-state index in [2.05, 4.69) is 31.9 Å². The van der Waals surface area contributed by atoms with E-state index in [1.54, 1.807) is 18.2 Å². The van der Waals surface area contributed by atoms with E-state index in [4.69, 9.17) is 4.74 Å². The quantitative estimate of drug-likeness (QED) is 0.780. The third-order valence-corrected chi connectivity index (χ3v) is 3.40. The Hall–Kier alpha value is -0.420. The van der Waals surface area contributed by atoms with Crippen molar-refractivity contribution in [3.05, 3.63) is 28.2 Å². The molecule has 0 heterocycles. The summed E-state index contributed by atoms with van der Waals surface area (Å²) in [5, 5.41) is 0. The van der Waals surface area contributed by atoms with Crippen LogP contribution in [-0.4, -0.2) is 12.6 Å². The van der Waals surface area contributed by atoms with Crippen molar-refractivity contribution in [3.63, 3.8) is 0 Å². The summed E-state index contributed by atoms with van der Waals surface area (Å²) in [4.78, 5) is 10.8. The van der Waals surface area contributed by atoms with E-state index in [0.29, 0.717) is 5.75 Å². The van der Waals surface area contributed by atoms with Crippen molar-refractivity contribution in [2.45, 2.75) is 11.8 Å². The minimum atomic E-state index is -0.886. The Labute approximate surface area is 104 Å². The molecule has 1 rings (SSSR count). The van der Waals surface area contributed by atoms with Gasteiger partial charge in [-0.15, -0.1) is 0 Å². The van der Waals surface area contributed by atoms with E-state index in [0.717, 1.165) is 10.0 Å². The zero-order valence-electron chi connectivity index (χ0n) is 7.97. The fourth-order valence-corrected chi connectivity index (χ4v) is 1.87. The first-order valence-electron chi connectivity index (χ1n) is 4.18. The monoisotopic (exact) mass is 338 g/mol. The Balaban J connectivity index is 3.02. The van der Waals surface area contributed by atoms with Crippen LogP contribution in [0.25, 0.3) is 0 Å². The van der Waals surface area contributed by atoms with Crippen LogP contribution in [0.2, 0.25) is 0 Å². The topological polar surface area (TPSA) is 26.3 Å². The summed E-state index contributed by atoms with van der Waals surface area (Å²) in [5.74, 6) is 0.381. The first kappa shape index (κ1) is 12.6. The van der Waals surface area contributed by atoms with Gasteiger partial charge in [0.05, 0.1) is 4.83 Å². The lowest BCUT2D eigenvalue weighted by Gasteiger charge is -2.09. The van der Waals surface area contributed by atoms with Gasteiger partial charge in [0.25, 0.3) is 0 Å². The summed E-state index contributed by atoms with van der Waals surface area (Å²) in [5.41, 5.74) is 0.736. The van der Waals surface area contributed by atoms with Gasteiger partial charge in [-0.2, -0.15) is 0 Å². The maximum atomic E-state index is 12.0. The molecule has 0 aliphatic carbocycles. The van der Waals surface area contributed by atoms with Crippen molar-refractivity contribution in [1.29, 1.82) is 0 Å². The molecule has 1 atom stereocenters. The van der Waals surface area contributed by atoms with Gasteiger partial charge < -0.3 is 4.74 Å². The molecule has 2 nitrogen and oxygen atoms in total. The zero-order valence-corrected chi connectivity index (χ0v) is 11.1. The highest BCUT2D eigenvalue weighted by molar-refractivity contribution is 9.10. The lowest BCUT2D eigenvalue weighted by atomic mass is 10.1. The Morgan fingerprint density at radius 2 is 2.20 bits per heavy atom. The number of rotatable bonds is 4. The number of halogens is 3. The van der Waals surface area contributed by atoms with Crippen molar-refractivity contribution in [2.24, 2.45) is 0 Å². The summed E-state index contributed by atoms with van der Waals surface area (Å²) in [6.45, 7) is 0.596. The number of ketones is 1. The van der Waals surface area contributed by atoms with Crippen molar-refractivity contribution < 1.29 is 13.9 Å². The molecule has 0 aliphatic rings. The van der Waals surface area contributed by atoms with Gasteiger partial charge in [0, 0.05) is 4.47 Å². The van der Waals surface area contributed by atoms with Crippen molar-refractivity contribution in [3.8, 4) is 5.75 Å². The number of hydrogen-bond donors (Lipinski definition) is 0. The largest absolute Gasteiger partial charge is 0.463 e. The van der Waals surface area contributed by atoms with Gasteiger partial charge in [-0.25, -0.2) is 4.39 Å². The van der Waals surface area contributed by atoms with Crippen molar-refractivity contribution in [1.82, 2.24) is 0 Å². The number of ether oxygens (including phenoxy) is 1. The third kappa shape index (κ3) is 3.57. The fourth-order valence-electron chi connectivity index (χ4n) is 1.11. The molecule has 0 aromatic heterocycles. The minimum absolute atomic E-state index is 0.0145. The maximum Gasteiger partial charge on any atom is 0.228 e. The zero-order chi connectivity index (χ0) is 11.4. The van der Waals surface area contributed by atoms with Crippen LogP contribution < -0.4 is 4.74 Å². The first-order chi connectivity index (χ1) is 7.04. The molecule has 1 aromatic rings. The highest BCUT2D eigenvalue weighted by Crippen LogP contribution is 2.30. The van der Waals surface area contributed by atoms with Crippen LogP contribution in [0.3, 0.4) is 0 Å². The van der Waals surface area contributed by atoms with Gasteiger partial charge in [-0.1, -0.05) is 31.9 Å². The smallest absolute Gasteiger partial charge is 0.228 e. The lowest BCUT2D eigenvalue weighted by molar-refractivity contribution is -0.116. The van der Waals surface area contributed by atoms with Crippen LogP contribution in [0.15, 0.2) is 22.7 Å². The minimum Gasteiger partial charge on any atom is -0.463 e. The Kier molecular flexibility index (Phi) is 4.73. The second-order valence-corrected chi connectivity index (χ2v) is 4.78. The molecule has 15 heavy (non-hydrogen) atoms. The van der Waals surface area contributed by atoms with E-state index in [9.17, 15) is 9.18 Å². The summed E-state index contributed by atoms with van der Waals surface area (Å²) in [6, 6.07) is 5.06. The van der Waals surface area contributed by atoms with Crippen molar-refractivity contribution >= 4 is 37.6 Å². The molecule has 0 saturated carbocycles. The van der Waals surface area contributed by atoms with Gasteiger partial charge in [0.15, 0.2) is 0 Å². The summed E-state index contributed by atoms with van der Waals surface area (Å²) >= 11 is 6.52. The predicted octanol–water partition coefficient (Wildman–Crippen LogP) is 3.78. The molecule has 0 radical (unpaired) electrons. The maximum absolute atomic E-state index is 12.0. The van der Waals surface area contributed by atoms with Crippen LogP contribution >= 0.6 is 31.9 Å². The van der Waals surface area contributed by atoms with Crippen LogP contribution in [0.4, 0.5) is 4.39 Å². The van der Waals surface area contributed by atoms with E-state index < -0.39 is 11.7 Å². The molecule has 82 valence electrons. The normalized spacial score (nSPS) is 12.3. The molecule has 1 aromatic carbocycles. The second-order valence-electron chi connectivity index (χ2n) is 2.95. The third-order valence-electron chi connectivity index (χ3n) is 1.76. The second kappa shape index (κ2) is 5.61. The molecule has 0 saturated heterocycles. The summed E-state index contributed by atoms with van der Waals surface area (Å²) in [7, 11) is 0. The van der Waals surface area contributed by atoms with Gasteiger partial charge in [0.2, 0.25) is 6.86 Å². The van der Waals surface area contributed by atoms with Gasteiger partial charge in [-0.05, 0) is 30.7 Å². The Bertz CT molecular complexity index is 368. The molecule has 0 spiro atoms. The highest BCUT2D eigenvalue weighted by Gasteiger charge is 2.14. The first-order valence-corrected chi connectivity index (χ1v) is 5.89. The molecule has 5 heteroatoms. The molecule has 0 bridgehead atoms. The van der Waals surface area contributed by atoms with Gasteiger partial charge in [-0.3, -0.25) is 4.79 Å². The van der Waals surface area contributed by atoms with E-state index in [1.807, 2.05) is 0 Å². The molecule has 1 unspecified atom stereocenters.